The molecule has 0 aliphatic carbocycles. The molecule has 0 bridgehead atoms. The number of primary amides is 1. The van der Waals surface area contributed by atoms with Crippen LogP contribution >= 0.6 is 23.2 Å². The molecule has 0 spiro atoms. The van der Waals surface area contributed by atoms with Crippen LogP contribution in [0.25, 0.3) is 0 Å². The van der Waals surface area contributed by atoms with E-state index in [0.29, 0.717) is 0 Å². The molecule has 0 aliphatic rings. The molecule has 0 heterocycles. The Morgan fingerprint density at radius 1 is 1.45 bits per heavy atom. The number of halogens is 2. The highest BCUT2D eigenvalue weighted by atomic mass is 35.5. The molecular weight excluding hydrogens is 337 g/mol. The lowest BCUT2D eigenvalue weighted by molar-refractivity contribution is -0.384. The molecule has 1 amide bonds. The number of nitrogens with zero attached hydrogens (tertiary/aromatic N) is 1. The number of amides is 1. The van der Waals surface area contributed by atoms with E-state index in [1.165, 1.54) is 0 Å². The Labute approximate surface area is 122 Å². The minimum absolute atomic E-state index is 0.322. The SMILES string of the molecule is NC(=O)CONS(=O)(=O)c1ccc(Cl)c([N+](=O)[O-])c1Cl. The zero-order chi connectivity index (χ0) is 15.5. The van der Waals surface area contributed by atoms with Crippen LogP contribution in [0.2, 0.25) is 10.0 Å². The standard InChI is InChI=1S/C8H7Cl2N3O6S/c9-4-1-2-5(7(10)8(4)13(15)16)20(17,18)12-19-3-6(11)14/h1-2,12H,3H2,(H2,11,14). The first-order chi connectivity index (χ1) is 9.16. The lowest BCUT2D eigenvalue weighted by Crippen LogP contribution is -2.29. The van der Waals surface area contributed by atoms with Gasteiger partial charge >= 0.3 is 5.69 Å². The van der Waals surface area contributed by atoms with Crippen molar-refractivity contribution < 1.29 is 23.0 Å². The molecule has 0 radical (unpaired) electrons. The maximum atomic E-state index is 11.8. The van der Waals surface area contributed by atoms with Gasteiger partial charge in [-0.05, 0) is 12.1 Å². The molecule has 1 aromatic rings. The first-order valence-electron chi connectivity index (χ1n) is 4.71. The number of nitrogens with two attached hydrogens (primary N) is 1. The van der Waals surface area contributed by atoms with Crippen LogP contribution in [0.4, 0.5) is 5.69 Å². The summed E-state index contributed by atoms with van der Waals surface area (Å²) >= 11 is 11.2. The molecule has 1 rings (SSSR count). The Morgan fingerprint density at radius 3 is 2.55 bits per heavy atom. The van der Waals surface area contributed by atoms with E-state index in [4.69, 9.17) is 28.9 Å². The van der Waals surface area contributed by atoms with E-state index in [0.717, 1.165) is 12.1 Å². The molecule has 0 aliphatic heterocycles. The van der Waals surface area contributed by atoms with E-state index < -0.39 is 43.1 Å². The zero-order valence-corrected chi connectivity index (χ0v) is 11.8. The first-order valence-corrected chi connectivity index (χ1v) is 6.95. The maximum absolute atomic E-state index is 11.8. The Kier molecular flexibility index (Phi) is 5.25. The Bertz CT molecular complexity index is 662. The number of nitro groups is 1. The number of benzene rings is 1. The van der Waals surface area contributed by atoms with Gasteiger partial charge in [0.2, 0.25) is 5.91 Å². The summed E-state index contributed by atoms with van der Waals surface area (Å²) in [6.07, 6.45) is 0. The van der Waals surface area contributed by atoms with Crippen LogP contribution in [0.1, 0.15) is 0 Å². The van der Waals surface area contributed by atoms with Crippen LogP contribution in [0.5, 0.6) is 0 Å². The molecule has 9 nitrogen and oxygen atoms in total. The van der Waals surface area contributed by atoms with Crippen molar-refractivity contribution in [3.8, 4) is 0 Å². The summed E-state index contributed by atoms with van der Waals surface area (Å²) in [6, 6.07) is 1.95. The van der Waals surface area contributed by atoms with Crippen molar-refractivity contribution in [2.24, 2.45) is 5.73 Å². The Balaban J connectivity index is 3.16. The van der Waals surface area contributed by atoms with Crippen molar-refractivity contribution in [2.75, 3.05) is 6.61 Å². The van der Waals surface area contributed by atoms with Gasteiger partial charge in [-0.15, -0.1) is 0 Å². The van der Waals surface area contributed by atoms with Crippen LogP contribution in [0.15, 0.2) is 17.0 Å². The third kappa shape index (κ3) is 3.77. The van der Waals surface area contributed by atoms with E-state index >= 15 is 0 Å². The van der Waals surface area contributed by atoms with Gasteiger partial charge in [0, 0.05) is 0 Å². The highest BCUT2D eigenvalue weighted by molar-refractivity contribution is 7.89. The maximum Gasteiger partial charge on any atom is 0.307 e. The number of nitrogens with one attached hydrogen (secondary N) is 1. The van der Waals surface area contributed by atoms with Crippen molar-refractivity contribution in [1.82, 2.24) is 4.89 Å². The second-order valence-electron chi connectivity index (χ2n) is 3.31. The molecule has 0 saturated carbocycles. The number of sulfonamides is 1. The van der Waals surface area contributed by atoms with Crippen molar-refractivity contribution in [2.45, 2.75) is 4.90 Å². The second kappa shape index (κ2) is 6.33. The lowest BCUT2D eigenvalue weighted by atomic mass is 10.3. The predicted octanol–water partition coefficient (Wildman–Crippen LogP) is 0.597. The third-order valence-electron chi connectivity index (χ3n) is 1.89. The summed E-state index contributed by atoms with van der Waals surface area (Å²) in [7, 11) is -4.33. The summed E-state index contributed by atoms with van der Waals surface area (Å²) in [5.74, 6) is -0.916. The fourth-order valence-electron chi connectivity index (χ4n) is 1.12. The molecule has 12 heteroatoms. The fourth-order valence-corrected chi connectivity index (χ4v) is 2.82. The number of hydrogen-bond donors (Lipinski definition) is 2. The monoisotopic (exact) mass is 343 g/mol. The van der Waals surface area contributed by atoms with Crippen molar-refractivity contribution in [3.05, 3.63) is 32.3 Å². The molecule has 1 aromatic carbocycles. The van der Waals surface area contributed by atoms with Crippen molar-refractivity contribution >= 4 is 44.8 Å². The average molecular weight is 344 g/mol. The van der Waals surface area contributed by atoms with Crippen LogP contribution in [0.3, 0.4) is 0 Å². The van der Waals surface area contributed by atoms with Gasteiger partial charge in [-0.25, -0.2) is 8.42 Å². The number of carbonyl (C=O) groups excluding carboxylic acids is 1. The molecule has 3 N–H and O–H groups in total. The molecule has 0 saturated heterocycles. The fraction of sp³-hybridized carbons (Fsp3) is 0.125. The van der Waals surface area contributed by atoms with E-state index in [1.807, 2.05) is 0 Å². The highest BCUT2D eigenvalue weighted by Crippen LogP contribution is 2.36. The molecule has 0 aromatic heterocycles. The number of carbonyl (C=O) groups is 1. The van der Waals surface area contributed by atoms with Gasteiger partial charge in [0.05, 0.1) is 4.92 Å². The minimum Gasteiger partial charge on any atom is -0.368 e. The van der Waals surface area contributed by atoms with Gasteiger partial charge in [0.1, 0.15) is 21.5 Å². The normalized spacial score (nSPS) is 11.3. The molecule has 110 valence electrons. The summed E-state index contributed by atoms with van der Waals surface area (Å²) in [4.78, 5) is 25.5. The lowest BCUT2D eigenvalue weighted by Gasteiger charge is -2.08. The van der Waals surface area contributed by atoms with Crippen molar-refractivity contribution in [1.29, 1.82) is 0 Å². The summed E-state index contributed by atoms with van der Waals surface area (Å²) in [6.45, 7) is -0.716. The number of hydrogen-bond acceptors (Lipinski definition) is 6. The Hall–Kier alpha value is -1.46. The third-order valence-corrected chi connectivity index (χ3v) is 3.94. The number of rotatable bonds is 6. The first kappa shape index (κ1) is 16.6. The number of nitro benzene ring substituents is 1. The molecule has 0 fully saturated rings. The van der Waals surface area contributed by atoms with Crippen LogP contribution in [-0.2, 0) is 19.7 Å². The molecular formula is C8H7Cl2N3O6S. The second-order valence-corrected chi connectivity index (χ2v) is 5.71. The summed E-state index contributed by atoms with van der Waals surface area (Å²) in [5.41, 5.74) is 3.98. The van der Waals surface area contributed by atoms with Gasteiger partial charge in [0.15, 0.2) is 0 Å². The highest BCUT2D eigenvalue weighted by Gasteiger charge is 2.28. The quantitative estimate of drug-likeness (QED) is 0.571. The van der Waals surface area contributed by atoms with E-state index in [9.17, 15) is 23.3 Å². The Morgan fingerprint density at radius 2 is 2.05 bits per heavy atom. The van der Waals surface area contributed by atoms with E-state index in [1.54, 1.807) is 4.89 Å². The van der Waals surface area contributed by atoms with Crippen LogP contribution < -0.4 is 10.6 Å². The van der Waals surface area contributed by atoms with Gasteiger partial charge in [-0.1, -0.05) is 28.1 Å². The van der Waals surface area contributed by atoms with Crippen LogP contribution in [-0.4, -0.2) is 25.9 Å². The topological polar surface area (TPSA) is 142 Å². The van der Waals surface area contributed by atoms with Crippen molar-refractivity contribution in [3.63, 3.8) is 0 Å². The summed E-state index contributed by atoms with van der Waals surface area (Å²) < 4.78 is 23.6. The predicted molar refractivity (Wildman–Crippen MR) is 68.6 cm³/mol. The summed E-state index contributed by atoms with van der Waals surface area (Å²) in [5, 5.41) is 9.75. The van der Waals surface area contributed by atoms with Gasteiger partial charge in [-0.2, -0.15) is 0 Å². The molecule has 0 atom stereocenters. The van der Waals surface area contributed by atoms with Gasteiger partial charge in [-0.3, -0.25) is 19.7 Å². The van der Waals surface area contributed by atoms with Gasteiger partial charge < -0.3 is 5.73 Å². The zero-order valence-electron chi connectivity index (χ0n) is 9.50. The largest absolute Gasteiger partial charge is 0.368 e. The van der Waals surface area contributed by atoms with E-state index in [2.05, 4.69) is 4.84 Å². The van der Waals surface area contributed by atoms with Gasteiger partial charge in [0.25, 0.3) is 10.0 Å². The molecule has 0 unspecified atom stereocenters. The smallest absolute Gasteiger partial charge is 0.307 e. The van der Waals surface area contributed by atoms with Crippen LogP contribution in [0, 0.1) is 10.1 Å². The minimum atomic E-state index is -4.33. The van der Waals surface area contributed by atoms with E-state index in [-0.39, 0.29) is 5.02 Å². The molecule has 20 heavy (non-hydrogen) atoms. The average Bonchev–Trinajstić information content (AvgIpc) is 2.26.